The fraction of sp³-hybridized carbons (Fsp3) is 0.500. The van der Waals surface area contributed by atoms with E-state index in [1.807, 2.05) is 4.57 Å². The van der Waals surface area contributed by atoms with Gasteiger partial charge in [-0.3, -0.25) is 0 Å². The molecule has 1 amide bonds. The predicted octanol–water partition coefficient (Wildman–Crippen LogP) is 1.35. The standard InChI is InChI=1S/C8H12N6O2/c9-13-12-4-7-5-14(6-11-7)3-1-2-10-8(15)16/h5-6,10H,1-4H2,(H,15,16). The molecule has 1 aromatic heterocycles. The number of hydrogen-bond acceptors (Lipinski definition) is 3. The molecule has 8 heteroatoms. The highest BCUT2D eigenvalue weighted by atomic mass is 16.4. The molecule has 0 aliphatic rings. The first-order chi connectivity index (χ1) is 7.72. The number of imidazole rings is 1. The average molecular weight is 224 g/mol. The molecule has 0 aliphatic carbocycles. The molecule has 8 nitrogen and oxygen atoms in total. The van der Waals surface area contributed by atoms with Gasteiger partial charge in [0.15, 0.2) is 0 Å². The topological polar surface area (TPSA) is 116 Å². The van der Waals surface area contributed by atoms with Gasteiger partial charge in [0.25, 0.3) is 0 Å². The lowest BCUT2D eigenvalue weighted by molar-refractivity contribution is 0.194. The Morgan fingerprint density at radius 1 is 1.75 bits per heavy atom. The normalized spacial score (nSPS) is 9.50. The van der Waals surface area contributed by atoms with Crippen LogP contribution < -0.4 is 5.32 Å². The third-order valence-electron chi connectivity index (χ3n) is 1.85. The van der Waals surface area contributed by atoms with Gasteiger partial charge in [-0.15, -0.1) is 0 Å². The monoisotopic (exact) mass is 224 g/mol. The maximum Gasteiger partial charge on any atom is 0.404 e. The van der Waals surface area contributed by atoms with E-state index >= 15 is 0 Å². The largest absolute Gasteiger partial charge is 0.465 e. The van der Waals surface area contributed by atoms with Crippen LogP contribution in [0.1, 0.15) is 12.1 Å². The average Bonchev–Trinajstić information content (AvgIpc) is 2.69. The number of nitrogens with zero attached hydrogens (tertiary/aromatic N) is 5. The first-order valence-electron chi connectivity index (χ1n) is 4.70. The zero-order valence-electron chi connectivity index (χ0n) is 8.57. The van der Waals surface area contributed by atoms with E-state index in [0.717, 1.165) is 0 Å². The molecule has 1 heterocycles. The van der Waals surface area contributed by atoms with Gasteiger partial charge < -0.3 is 15.0 Å². The van der Waals surface area contributed by atoms with Crippen LogP contribution in [0.5, 0.6) is 0 Å². The van der Waals surface area contributed by atoms with Gasteiger partial charge in [-0.05, 0) is 12.0 Å². The summed E-state index contributed by atoms with van der Waals surface area (Å²) in [6.45, 7) is 1.31. The van der Waals surface area contributed by atoms with E-state index in [4.69, 9.17) is 10.6 Å². The van der Waals surface area contributed by atoms with Crippen molar-refractivity contribution >= 4 is 6.09 Å². The van der Waals surface area contributed by atoms with Crippen molar-refractivity contribution < 1.29 is 9.90 Å². The van der Waals surface area contributed by atoms with Crippen LogP contribution in [0, 0.1) is 0 Å². The molecule has 1 aromatic rings. The van der Waals surface area contributed by atoms with Crippen molar-refractivity contribution in [2.75, 3.05) is 6.54 Å². The molecule has 0 radical (unpaired) electrons. The van der Waals surface area contributed by atoms with Gasteiger partial charge in [0.1, 0.15) is 0 Å². The van der Waals surface area contributed by atoms with Crippen LogP contribution in [0.15, 0.2) is 17.6 Å². The number of aromatic nitrogens is 2. The summed E-state index contributed by atoms with van der Waals surface area (Å²) in [6.07, 6.45) is 3.07. The quantitative estimate of drug-likeness (QED) is 0.328. The molecule has 0 fully saturated rings. The van der Waals surface area contributed by atoms with E-state index in [0.29, 0.717) is 25.2 Å². The Morgan fingerprint density at radius 3 is 3.25 bits per heavy atom. The Bertz CT molecular complexity index is 395. The van der Waals surface area contributed by atoms with E-state index in [-0.39, 0.29) is 6.54 Å². The number of hydrogen-bond donors (Lipinski definition) is 2. The van der Waals surface area contributed by atoms with Crippen LogP contribution in [0.3, 0.4) is 0 Å². The second-order valence-corrected chi connectivity index (χ2v) is 3.08. The third-order valence-corrected chi connectivity index (χ3v) is 1.85. The van der Waals surface area contributed by atoms with Gasteiger partial charge in [-0.2, -0.15) is 0 Å². The fourth-order valence-electron chi connectivity index (χ4n) is 1.17. The van der Waals surface area contributed by atoms with Crippen molar-refractivity contribution in [1.29, 1.82) is 0 Å². The molecule has 0 aromatic carbocycles. The lowest BCUT2D eigenvalue weighted by Crippen LogP contribution is -2.22. The predicted molar refractivity (Wildman–Crippen MR) is 55.7 cm³/mol. The van der Waals surface area contributed by atoms with Gasteiger partial charge >= 0.3 is 6.09 Å². The summed E-state index contributed by atoms with van der Waals surface area (Å²) in [7, 11) is 0. The lowest BCUT2D eigenvalue weighted by atomic mass is 10.4. The van der Waals surface area contributed by atoms with E-state index in [2.05, 4.69) is 20.3 Å². The van der Waals surface area contributed by atoms with Crippen molar-refractivity contribution in [1.82, 2.24) is 14.9 Å². The number of rotatable bonds is 6. The highest BCUT2D eigenvalue weighted by Crippen LogP contribution is 1.99. The molecular formula is C8H12N6O2. The Hall–Kier alpha value is -2.21. The number of amides is 1. The van der Waals surface area contributed by atoms with Crippen molar-refractivity contribution in [2.45, 2.75) is 19.5 Å². The molecule has 0 bridgehead atoms. The molecule has 0 saturated heterocycles. The Morgan fingerprint density at radius 2 is 2.56 bits per heavy atom. The Kier molecular flexibility index (Phi) is 4.68. The number of carboxylic acid groups (broad SMARTS) is 1. The van der Waals surface area contributed by atoms with Gasteiger partial charge in [-0.1, -0.05) is 5.11 Å². The first kappa shape index (κ1) is 11.9. The van der Waals surface area contributed by atoms with E-state index < -0.39 is 6.09 Å². The van der Waals surface area contributed by atoms with Crippen molar-refractivity contribution in [2.24, 2.45) is 5.11 Å². The summed E-state index contributed by atoms with van der Waals surface area (Å²) in [5.74, 6) is 0. The molecule has 2 N–H and O–H groups in total. The highest BCUT2D eigenvalue weighted by molar-refractivity contribution is 5.64. The molecule has 1 rings (SSSR count). The van der Waals surface area contributed by atoms with Crippen molar-refractivity contribution in [3.05, 3.63) is 28.7 Å². The fourth-order valence-corrected chi connectivity index (χ4v) is 1.17. The SMILES string of the molecule is [N-]=[N+]=NCc1cn(CCCNC(=O)O)cn1. The Balaban J connectivity index is 2.29. The summed E-state index contributed by atoms with van der Waals surface area (Å²) in [6, 6.07) is 0. The lowest BCUT2D eigenvalue weighted by Gasteiger charge is -2.01. The third kappa shape index (κ3) is 4.34. The van der Waals surface area contributed by atoms with Crippen LogP contribution in [-0.2, 0) is 13.1 Å². The summed E-state index contributed by atoms with van der Waals surface area (Å²) in [5.41, 5.74) is 8.82. The molecule has 0 unspecified atom stereocenters. The maximum absolute atomic E-state index is 10.2. The summed E-state index contributed by atoms with van der Waals surface area (Å²) >= 11 is 0. The Labute approximate surface area is 91.5 Å². The van der Waals surface area contributed by atoms with Crippen LogP contribution in [0.25, 0.3) is 10.4 Å². The first-order valence-corrected chi connectivity index (χ1v) is 4.70. The maximum atomic E-state index is 10.2. The van der Waals surface area contributed by atoms with Crippen molar-refractivity contribution in [3.63, 3.8) is 0 Å². The minimum absolute atomic E-state index is 0.233. The van der Waals surface area contributed by atoms with Crippen LogP contribution in [0.4, 0.5) is 4.79 Å². The smallest absolute Gasteiger partial charge is 0.404 e. The van der Waals surface area contributed by atoms with Crippen LogP contribution in [0.2, 0.25) is 0 Å². The van der Waals surface area contributed by atoms with Crippen molar-refractivity contribution in [3.8, 4) is 0 Å². The molecule has 0 aliphatic heterocycles. The number of azide groups is 1. The molecule has 16 heavy (non-hydrogen) atoms. The van der Waals surface area contributed by atoms with Crippen LogP contribution >= 0.6 is 0 Å². The molecule has 0 saturated carbocycles. The molecular weight excluding hydrogens is 212 g/mol. The van der Waals surface area contributed by atoms with E-state index in [1.165, 1.54) is 0 Å². The number of nitrogens with one attached hydrogen (secondary N) is 1. The van der Waals surface area contributed by atoms with Gasteiger partial charge in [0, 0.05) is 24.2 Å². The summed E-state index contributed by atoms with van der Waals surface area (Å²) < 4.78 is 1.83. The highest BCUT2D eigenvalue weighted by Gasteiger charge is 1.98. The van der Waals surface area contributed by atoms with Gasteiger partial charge in [0.05, 0.1) is 18.6 Å². The zero-order valence-corrected chi connectivity index (χ0v) is 8.57. The molecule has 0 spiro atoms. The van der Waals surface area contributed by atoms with Gasteiger partial charge in [-0.25, -0.2) is 9.78 Å². The molecule has 86 valence electrons. The second-order valence-electron chi connectivity index (χ2n) is 3.08. The summed E-state index contributed by atoms with van der Waals surface area (Å²) in [4.78, 5) is 16.8. The minimum atomic E-state index is -1.02. The molecule has 0 atom stereocenters. The minimum Gasteiger partial charge on any atom is -0.465 e. The van der Waals surface area contributed by atoms with E-state index in [1.54, 1.807) is 12.5 Å². The van der Waals surface area contributed by atoms with E-state index in [9.17, 15) is 4.79 Å². The number of aryl methyl sites for hydroxylation is 1. The zero-order chi connectivity index (χ0) is 11.8. The van der Waals surface area contributed by atoms with Crippen LogP contribution in [-0.4, -0.2) is 27.3 Å². The second kappa shape index (κ2) is 6.31. The number of carbonyl (C=O) groups is 1. The summed E-state index contributed by atoms with van der Waals surface area (Å²) in [5, 5.41) is 14.0. The van der Waals surface area contributed by atoms with Gasteiger partial charge in [0.2, 0.25) is 0 Å².